The van der Waals surface area contributed by atoms with Crippen LogP contribution in [0, 0.1) is 11.8 Å². The lowest BCUT2D eigenvalue weighted by atomic mass is 9.81. The summed E-state index contributed by atoms with van der Waals surface area (Å²) in [6, 6.07) is 8.40. The van der Waals surface area contributed by atoms with Crippen LogP contribution in [0.1, 0.15) is 62.4 Å². The van der Waals surface area contributed by atoms with Crippen molar-refractivity contribution in [2.45, 2.75) is 57.4 Å². The van der Waals surface area contributed by atoms with E-state index in [1.807, 2.05) is 6.20 Å². The number of benzene rings is 1. The number of nitrogens with two attached hydrogens (primary N) is 1. The molecule has 29 heavy (non-hydrogen) atoms. The van der Waals surface area contributed by atoms with Crippen molar-refractivity contribution in [3.05, 3.63) is 54.0 Å². The molecule has 4 rings (SSSR count). The molecule has 1 aromatic heterocycles. The molecule has 0 saturated heterocycles. The van der Waals surface area contributed by atoms with Crippen molar-refractivity contribution >= 4 is 5.91 Å². The van der Waals surface area contributed by atoms with Gasteiger partial charge < -0.3 is 16.0 Å². The molecule has 1 aromatic carbocycles. The molecule has 0 unspecified atom stereocenters. The molecule has 4 N–H and O–H groups in total. The van der Waals surface area contributed by atoms with Crippen LogP contribution in [-0.4, -0.2) is 22.4 Å². The maximum atomic E-state index is 12.9. The van der Waals surface area contributed by atoms with Crippen molar-refractivity contribution in [2.75, 3.05) is 6.54 Å². The molecular formula is C24H32N4O. The minimum Gasteiger partial charge on any atom is -0.346 e. The van der Waals surface area contributed by atoms with Gasteiger partial charge in [-0.2, -0.15) is 0 Å². The zero-order chi connectivity index (χ0) is 20.1. The van der Waals surface area contributed by atoms with Gasteiger partial charge >= 0.3 is 0 Å². The van der Waals surface area contributed by atoms with E-state index < -0.39 is 0 Å². The van der Waals surface area contributed by atoms with Gasteiger partial charge in [0, 0.05) is 11.5 Å². The second-order valence-electron chi connectivity index (χ2n) is 8.45. The molecule has 2 bridgehead atoms. The molecule has 1 amide bonds. The lowest BCUT2D eigenvalue weighted by Crippen LogP contribution is -2.36. The van der Waals surface area contributed by atoms with Gasteiger partial charge in [-0.05, 0) is 69.4 Å². The molecule has 5 nitrogen and oxygen atoms in total. The van der Waals surface area contributed by atoms with Crippen molar-refractivity contribution in [1.82, 2.24) is 15.3 Å². The van der Waals surface area contributed by atoms with E-state index in [2.05, 4.69) is 51.7 Å². The smallest absolute Gasteiger partial charge is 0.223 e. The number of hydrogen-bond donors (Lipinski definition) is 3. The Hall–Kier alpha value is -2.40. The van der Waals surface area contributed by atoms with Gasteiger partial charge in [0.15, 0.2) is 0 Å². The standard InChI is InChI=1S/C24H32N4O/c25-15-17-11-13-19(14-12-17)24(29)28-21-10-4-2-1-3-7-18-8-5-6-9-20(18)22-16-26-23(21)27-22/h2,4-6,8-9,16-17,19,21H,1,3,7,10-15,25H2,(H,26,27)(H,28,29)/b4-2+/t17?,19?,21-/m0/s1. The van der Waals surface area contributed by atoms with Crippen LogP contribution >= 0.6 is 0 Å². The molecule has 1 fully saturated rings. The van der Waals surface area contributed by atoms with Gasteiger partial charge in [0.1, 0.15) is 5.82 Å². The molecule has 1 atom stereocenters. The van der Waals surface area contributed by atoms with Crippen LogP contribution in [0.4, 0.5) is 0 Å². The Bertz CT molecular complexity index is 848. The first-order valence-electron chi connectivity index (χ1n) is 11.0. The Morgan fingerprint density at radius 3 is 2.83 bits per heavy atom. The first-order valence-corrected chi connectivity index (χ1v) is 11.0. The largest absolute Gasteiger partial charge is 0.346 e. The fourth-order valence-corrected chi connectivity index (χ4v) is 4.60. The molecule has 2 aromatic rings. The number of rotatable bonds is 3. The summed E-state index contributed by atoms with van der Waals surface area (Å²) in [7, 11) is 0. The van der Waals surface area contributed by atoms with E-state index in [0.29, 0.717) is 5.92 Å². The zero-order valence-electron chi connectivity index (χ0n) is 17.1. The Kier molecular flexibility index (Phi) is 6.45. The highest BCUT2D eigenvalue weighted by molar-refractivity contribution is 5.79. The van der Waals surface area contributed by atoms with E-state index in [9.17, 15) is 4.79 Å². The van der Waals surface area contributed by atoms with E-state index in [4.69, 9.17) is 5.73 Å². The minimum absolute atomic E-state index is 0.0957. The SMILES string of the molecule is NCC1CCC(C(=O)N[C@H]2C/C=C/CCCc3ccccc3-c3cnc2[nH]3)CC1. The number of fused-ring (bicyclic) bond motifs is 4. The van der Waals surface area contributed by atoms with Crippen LogP contribution in [0.15, 0.2) is 42.6 Å². The minimum atomic E-state index is -0.119. The van der Waals surface area contributed by atoms with Crippen molar-refractivity contribution < 1.29 is 4.79 Å². The summed E-state index contributed by atoms with van der Waals surface area (Å²) >= 11 is 0. The normalized spacial score (nSPS) is 25.9. The number of aromatic nitrogens is 2. The summed E-state index contributed by atoms with van der Waals surface area (Å²) in [5, 5.41) is 3.28. The van der Waals surface area contributed by atoms with Crippen molar-refractivity contribution in [2.24, 2.45) is 17.6 Å². The molecular weight excluding hydrogens is 360 g/mol. The Morgan fingerprint density at radius 1 is 1.17 bits per heavy atom. The molecule has 2 heterocycles. The average molecular weight is 393 g/mol. The number of nitrogens with one attached hydrogen (secondary N) is 2. The van der Waals surface area contributed by atoms with Gasteiger partial charge in [0.25, 0.3) is 0 Å². The topological polar surface area (TPSA) is 83.8 Å². The second kappa shape index (κ2) is 9.40. The van der Waals surface area contributed by atoms with E-state index in [0.717, 1.165) is 69.4 Å². The number of H-pyrrole nitrogens is 1. The summed E-state index contributed by atoms with van der Waals surface area (Å²) in [6.07, 6.45) is 14.3. The number of carbonyl (C=O) groups is 1. The molecule has 1 aliphatic carbocycles. The molecule has 5 heteroatoms. The summed E-state index contributed by atoms with van der Waals surface area (Å²) in [5.41, 5.74) is 9.38. The molecule has 2 aliphatic rings. The molecule has 1 aliphatic heterocycles. The third kappa shape index (κ3) is 4.78. The van der Waals surface area contributed by atoms with E-state index in [-0.39, 0.29) is 17.9 Å². The number of amides is 1. The van der Waals surface area contributed by atoms with Crippen LogP contribution in [-0.2, 0) is 11.2 Å². The first-order chi connectivity index (χ1) is 14.2. The first kappa shape index (κ1) is 19.9. The maximum Gasteiger partial charge on any atom is 0.223 e. The number of nitrogens with zero attached hydrogens (tertiary/aromatic N) is 1. The predicted molar refractivity (Wildman–Crippen MR) is 116 cm³/mol. The number of carbonyl (C=O) groups excluding carboxylic acids is 1. The molecule has 0 spiro atoms. The molecule has 0 radical (unpaired) electrons. The molecule has 154 valence electrons. The summed E-state index contributed by atoms with van der Waals surface area (Å²) in [6.45, 7) is 0.735. The van der Waals surface area contributed by atoms with Crippen molar-refractivity contribution in [1.29, 1.82) is 0 Å². The van der Waals surface area contributed by atoms with Crippen molar-refractivity contribution in [3.63, 3.8) is 0 Å². The summed E-state index contributed by atoms with van der Waals surface area (Å²) < 4.78 is 0. The lowest BCUT2D eigenvalue weighted by Gasteiger charge is -2.28. The highest BCUT2D eigenvalue weighted by Gasteiger charge is 2.28. The van der Waals surface area contributed by atoms with Gasteiger partial charge in [-0.1, -0.05) is 36.4 Å². The van der Waals surface area contributed by atoms with Crippen molar-refractivity contribution in [3.8, 4) is 11.3 Å². The van der Waals surface area contributed by atoms with E-state index >= 15 is 0 Å². The zero-order valence-corrected chi connectivity index (χ0v) is 17.1. The van der Waals surface area contributed by atoms with Crippen LogP contribution in [0.25, 0.3) is 11.3 Å². The van der Waals surface area contributed by atoms with E-state index in [1.54, 1.807) is 0 Å². The van der Waals surface area contributed by atoms with Gasteiger partial charge in [0.05, 0.1) is 17.9 Å². The predicted octanol–water partition coefficient (Wildman–Crippen LogP) is 4.28. The summed E-state index contributed by atoms with van der Waals surface area (Å²) in [5.74, 6) is 1.67. The van der Waals surface area contributed by atoms with E-state index in [1.165, 1.54) is 11.1 Å². The average Bonchev–Trinajstić information content (AvgIpc) is 3.25. The van der Waals surface area contributed by atoms with Crippen LogP contribution in [0.5, 0.6) is 0 Å². The van der Waals surface area contributed by atoms with Crippen LogP contribution < -0.4 is 11.1 Å². The fourth-order valence-electron chi connectivity index (χ4n) is 4.60. The third-order valence-electron chi connectivity index (χ3n) is 6.46. The molecule has 1 saturated carbocycles. The Balaban J connectivity index is 1.53. The lowest BCUT2D eigenvalue weighted by molar-refractivity contribution is -0.127. The number of aromatic amines is 1. The fraction of sp³-hybridized carbons (Fsp3) is 0.500. The van der Waals surface area contributed by atoms with Crippen LogP contribution in [0.3, 0.4) is 0 Å². The highest BCUT2D eigenvalue weighted by Crippen LogP contribution is 2.30. The maximum absolute atomic E-state index is 12.9. The number of allylic oxidation sites excluding steroid dienone is 1. The quantitative estimate of drug-likeness (QED) is 0.682. The highest BCUT2D eigenvalue weighted by atomic mass is 16.1. The van der Waals surface area contributed by atoms with Crippen LogP contribution in [0.2, 0.25) is 0 Å². The van der Waals surface area contributed by atoms with Gasteiger partial charge in [0.2, 0.25) is 5.91 Å². The monoisotopic (exact) mass is 392 g/mol. The van der Waals surface area contributed by atoms with Gasteiger partial charge in [-0.3, -0.25) is 4.79 Å². The second-order valence-corrected chi connectivity index (χ2v) is 8.45. The number of hydrogen-bond acceptors (Lipinski definition) is 3. The Labute approximate surface area is 173 Å². The Morgan fingerprint density at radius 2 is 2.00 bits per heavy atom. The third-order valence-corrected chi connectivity index (χ3v) is 6.46. The summed E-state index contributed by atoms with van der Waals surface area (Å²) in [4.78, 5) is 21.1. The number of imidazole rings is 1. The number of aryl methyl sites for hydroxylation is 1. The van der Waals surface area contributed by atoms with Gasteiger partial charge in [-0.15, -0.1) is 0 Å². The van der Waals surface area contributed by atoms with Gasteiger partial charge in [-0.25, -0.2) is 4.98 Å².